The van der Waals surface area contributed by atoms with E-state index in [9.17, 15) is 43.3 Å². The Balaban J connectivity index is 1.42. The fraction of sp³-hybridized carbons (Fsp3) is 0.656. The van der Waals surface area contributed by atoms with Crippen molar-refractivity contribution >= 4 is 72.1 Å². The number of phosphoric acid groups is 2. The lowest BCUT2D eigenvalue weighted by Crippen LogP contribution is -2.49. The predicted molar refractivity (Wildman–Crippen MR) is 226 cm³/mol. The Morgan fingerprint density at radius 1 is 1.09 bits per heavy atom. The number of nitrogen functional groups attached to an aromatic ring is 2. The molecule has 32 heteroatoms. The molecule has 10 atom stereocenters. The number of esters is 1. The van der Waals surface area contributed by atoms with Crippen molar-refractivity contribution in [3.05, 3.63) is 45.8 Å². The molecule has 2 fully saturated rings. The van der Waals surface area contributed by atoms with Gasteiger partial charge in [-0.15, -0.1) is 0 Å². The van der Waals surface area contributed by atoms with E-state index in [4.69, 9.17) is 45.0 Å². The van der Waals surface area contributed by atoms with E-state index in [2.05, 4.69) is 39.8 Å². The highest BCUT2D eigenvalue weighted by molar-refractivity contribution is 8.77. The molecule has 0 radical (unpaired) electrons. The van der Waals surface area contributed by atoms with Crippen LogP contribution in [0.15, 0.2) is 34.8 Å². The molecule has 5 rings (SSSR count). The van der Waals surface area contributed by atoms with Crippen LogP contribution in [0.25, 0.3) is 21.6 Å². The molecule has 0 saturated carbocycles. The second-order valence-electron chi connectivity index (χ2n) is 15.4. The quantitative estimate of drug-likeness (QED) is 0.0213. The van der Waals surface area contributed by atoms with Crippen LogP contribution >= 0.6 is 37.2 Å². The van der Waals surface area contributed by atoms with Gasteiger partial charge in [0.1, 0.15) is 59.9 Å². The van der Waals surface area contributed by atoms with Gasteiger partial charge in [0, 0.05) is 34.6 Å². The van der Waals surface area contributed by atoms with Gasteiger partial charge in [0.15, 0.2) is 23.8 Å². The first-order valence-electron chi connectivity index (χ1n) is 19.1. The Hall–Kier alpha value is -4.12. The van der Waals surface area contributed by atoms with E-state index in [1.807, 2.05) is 13.8 Å². The molecule has 2 aliphatic rings. The number of nitrogens with two attached hydrogens (primary N) is 2. The molecule has 2 saturated heterocycles. The molecule has 0 aromatic carbocycles. The number of hydrogen-bond acceptors (Lipinski definition) is 22. The lowest BCUT2D eigenvalue weighted by molar-refractivity contribution is -0.159. The van der Waals surface area contributed by atoms with E-state index >= 15 is 0 Å². The van der Waals surface area contributed by atoms with Gasteiger partial charge in [-0.2, -0.15) is 4.98 Å². The minimum atomic E-state index is -5.27. The van der Waals surface area contributed by atoms with Crippen molar-refractivity contribution in [2.75, 3.05) is 31.2 Å². The average Bonchev–Trinajstić information content (AvgIpc) is 3.88. The molecule has 0 spiro atoms. The molecule has 3 unspecified atom stereocenters. The van der Waals surface area contributed by atoms with E-state index in [-0.39, 0.29) is 47.4 Å². The fourth-order valence-electron chi connectivity index (χ4n) is 6.21. The number of phosphoric ester groups is 2. The number of nitrogens with one attached hydrogen (secondary N) is 1. The normalized spacial score (nSPS) is 24.5. The molecule has 3 aromatic heterocycles. The van der Waals surface area contributed by atoms with Crippen LogP contribution in [-0.4, -0.2) is 133 Å². The Kier molecular flexibility index (Phi) is 17.1. The Labute approximate surface area is 371 Å². The number of aliphatic hydroxyl groups excluding tert-OH is 1. The summed E-state index contributed by atoms with van der Waals surface area (Å²) in [6.07, 6.45) is -8.76. The molecule has 28 nitrogen and oxygen atoms in total. The summed E-state index contributed by atoms with van der Waals surface area (Å²) in [7, 11) is -7.64. The summed E-state index contributed by atoms with van der Waals surface area (Å²) in [6, 6.07) is -0.217. The standard InChI is InChI=1S/C32H48N12O16P2S2/c1-15(2)63-64-16(10-39-42-35)8-17(40-31(48)59-32(3,4)5)29(46)58-25-20(57-28(24(25)45)44-14-38-23-26(34)36-13-37-27(23)44)12-55-62(52,53)60-18-9-22(43-7-6-21(33)41-30(43)47)56-19(18)11-54-61(49,50)51/h6-7,13-20,22,24-25,28,45H,8-12H2,1-5H3,(H,40,48)(H,52,53)(H2,33,41,47)(H2,34,36,37)(H2,49,50,51)/t16?,17?,18-,19+,20-,22+,24+,25+,28+/m0/s1. The minimum absolute atomic E-state index is 0.0162. The summed E-state index contributed by atoms with van der Waals surface area (Å²) in [4.78, 5) is 88.1. The third kappa shape index (κ3) is 14.2. The molecular formula is C32H48N12O16P2S2. The number of aromatic nitrogens is 6. The third-order valence-electron chi connectivity index (χ3n) is 8.85. The van der Waals surface area contributed by atoms with Crippen molar-refractivity contribution in [2.45, 2.75) is 113 Å². The van der Waals surface area contributed by atoms with Crippen LogP contribution in [0.5, 0.6) is 0 Å². The van der Waals surface area contributed by atoms with E-state index < -0.39 is 106 Å². The number of carbonyl (C=O) groups is 2. The van der Waals surface area contributed by atoms with Crippen molar-refractivity contribution in [3.63, 3.8) is 0 Å². The monoisotopic (exact) mass is 982 g/mol. The molecule has 1 amide bonds. The van der Waals surface area contributed by atoms with Crippen LogP contribution in [0.2, 0.25) is 0 Å². The second-order valence-corrected chi connectivity index (χ2v) is 21.1. The number of imidazole rings is 1. The lowest BCUT2D eigenvalue weighted by Gasteiger charge is -2.28. The summed E-state index contributed by atoms with van der Waals surface area (Å²) < 4.78 is 65.7. The van der Waals surface area contributed by atoms with Gasteiger partial charge in [-0.05, 0) is 38.8 Å². The van der Waals surface area contributed by atoms with Crippen molar-refractivity contribution in [1.82, 2.24) is 34.4 Å². The molecule has 5 heterocycles. The van der Waals surface area contributed by atoms with E-state index in [1.54, 1.807) is 20.8 Å². The third-order valence-corrected chi connectivity index (χ3v) is 13.8. The first-order chi connectivity index (χ1) is 29.9. The Morgan fingerprint density at radius 3 is 2.47 bits per heavy atom. The fourth-order valence-corrected chi connectivity index (χ4v) is 9.84. The summed E-state index contributed by atoms with van der Waals surface area (Å²) in [5.41, 5.74) is 18.9. The van der Waals surface area contributed by atoms with Crippen LogP contribution in [0.1, 0.15) is 59.9 Å². The molecule has 0 aliphatic carbocycles. The zero-order valence-corrected chi connectivity index (χ0v) is 38.1. The van der Waals surface area contributed by atoms with Gasteiger partial charge in [0.2, 0.25) is 0 Å². The number of anilines is 2. The first kappa shape index (κ1) is 50.9. The van der Waals surface area contributed by atoms with Gasteiger partial charge < -0.3 is 55.5 Å². The summed E-state index contributed by atoms with van der Waals surface area (Å²) in [5.74, 6) is -1.25. The molecule has 64 heavy (non-hydrogen) atoms. The van der Waals surface area contributed by atoms with Crippen LogP contribution in [-0.2, 0) is 46.4 Å². The summed E-state index contributed by atoms with van der Waals surface area (Å²) in [6.45, 7) is 6.76. The number of nitrogens with zero attached hydrogens (tertiary/aromatic N) is 9. The predicted octanol–water partition coefficient (Wildman–Crippen LogP) is 2.07. The van der Waals surface area contributed by atoms with Gasteiger partial charge in [-0.3, -0.25) is 22.7 Å². The second kappa shape index (κ2) is 21.5. The van der Waals surface area contributed by atoms with Gasteiger partial charge in [0.25, 0.3) is 0 Å². The lowest BCUT2D eigenvalue weighted by atomic mass is 10.1. The van der Waals surface area contributed by atoms with Gasteiger partial charge in [-0.25, -0.2) is 38.5 Å². The number of rotatable bonds is 20. The maximum Gasteiger partial charge on any atom is 0.472 e. The molecular weight excluding hydrogens is 935 g/mol. The number of azide groups is 1. The van der Waals surface area contributed by atoms with Crippen molar-refractivity contribution in [3.8, 4) is 0 Å². The molecule has 2 aliphatic heterocycles. The van der Waals surface area contributed by atoms with Crippen LogP contribution < -0.4 is 22.5 Å². The summed E-state index contributed by atoms with van der Waals surface area (Å²) >= 11 is 0. The van der Waals surface area contributed by atoms with Crippen molar-refractivity contribution in [2.24, 2.45) is 5.11 Å². The highest BCUT2D eigenvalue weighted by Crippen LogP contribution is 2.50. The highest BCUT2D eigenvalue weighted by atomic mass is 33.1. The average molecular weight is 983 g/mol. The smallest absolute Gasteiger partial charge is 0.455 e. The van der Waals surface area contributed by atoms with Crippen LogP contribution in [0.3, 0.4) is 0 Å². The molecule has 9 N–H and O–H groups in total. The number of aliphatic hydroxyl groups is 1. The van der Waals surface area contributed by atoms with E-state index in [0.29, 0.717) is 0 Å². The Morgan fingerprint density at radius 2 is 1.81 bits per heavy atom. The molecule has 0 bridgehead atoms. The minimum Gasteiger partial charge on any atom is -0.455 e. The van der Waals surface area contributed by atoms with Gasteiger partial charge in [0.05, 0.1) is 19.5 Å². The van der Waals surface area contributed by atoms with Gasteiger partial charge >= 0.3 is 33.4 Å². The SMILES string of the molecule is CC(C)SSC(CN=[N+]=[N-])CC(NC(=O)OC(C)(C)C)C(=O)O[C@H]1[C@@H](O)[C@H](n2cnc3c(N)ncnc32)O[C@H]1COP(=O)(O)O[C@H]1C[C@H](n2ccc(N)nc2=O)O[C@@H]1COP(=O)(O)O. The van der Waals surface area contributed by atoms with Crippen LogP contribution in [0, 0.1) is 0 Å². The Bertz CT molecular complexity index is 2330. The molecule has 3 aromatic rings. The number of fused-ring (bicyclic) bond motifs is 1. The zero-order valence-electron chi connectivity index (χ0n) is 34.7. The number of amides is 1. The number of ether oxygens (including phenoxy) is 4. The summed E-state index contributed by atoms with van der Waals surface area (Å²) in [5, 5.41) is 17.5. The number of hydrogen-bond donors (Lipinski definition) is 7. The van der Waals surface area contributed by atoms with Crippen LogP contribution in [0.4, 0.5) is 16.4 Å². The van der Waals surface area contributed by atoms with Crippen molar-refractivity contribution in [1.29, 1.82) is 0 Å². The topological polar surface area (TPSA) is 405 Å². The maximum atomic E-state index is 14.2. The van der Waals surface area contributed by atoms with Crippen molar-refractivity contribution < 1.29 is 71.0 Å². The number of carbonyl (C=O) groups excluding carboxylic acids is 2. The first-order valence-corrected chi connectivity index (χ1v) is 24.4. The van der Waals surface area contributed by atoms with E-state index in [1.165, 1.54) is 44.7 Å². The highest BCUT2D eigenvalue weighted by Gasteiger charge is 2.50. The maximum absolute atomic E-state index is 14.2. The van der Waals surface area contributed by atoms with Gasteiger partial charge in [-0.1, -0.05) is 40.5 Å². The zero-order chi connectivity index (χ0) is 47.1. The largest absolute Gasteiger partial charge is 0.472 e. The van der Waals surface area contributed by atoms with E-state index in [0.717, 1.165) is 10.9 Å². The number of alkyl carbamates (subject to hydrolysis) is 1. The molecule has 354 valence electrons.